The molecule has 6 nitrogen and oxygen atoms in total. The van der Waals surface area contributed by atoms with E-state index in [-0.39, 0.29) is 5.92 Å². The van der Waals surface area contributed by atoms with Crippen LogP contribution in [0.2, 0.25) is 5.02 Å². The Morgan fingerprint density at radius 1 is 1.28 bits per heavy atom. The Bertz CT molecular complexity index is 950. The Labute approximate surface area is 173 Å². The number of hydrogen-bond donors (Lipinski definition) is 1. The van der Waals surface area contributed by atoms with E-state index < -0.39 is 5.97 Å². The van der Waals surface area contributed by atoms with Crippen LogP contribution in [0.1, 0.15) is 12.0 Å². The van der Waals surface area contributed by atoms with Gasteiger partial charge in [0, 0.05) is 28.6 Å². The van der Waals surface area contributed by atoms with E-state index in [1.54, 1.807) is 24.4 Å². The lowest BCUT2D eigenvalue weighted by molar-refractivity contribution is -0.131. The predicted molar refractivity (Wildman–Crippen MR) is 109 cm³/mol. The highest BCUT2D eigenvalue weighted by Crippen LogP contribution is 2.27. The van der Waals surface area contributed by atoms with Gasteiger partial charge in [0.1, 0.15) is 12.4 Å². The zero-order valence-electron chi connectivity index (χ0n) is 15.7. The third-order valence-corrected chi connectivity index (χ3v) is 4.53. The maximum absolute atomic E-state index is 10.7. The Morgan fingerprint density at radius 3 is 2.79 bits per heavy atom. The third kappa shape index (κ3) is 5.86. The quantitative estimate of drug-likeness (QED) is 0.628. The third-order valence-electron chi connectivity index (χ3n) is 4.17. The van der Waals surface area contributed by atoms with Gasteiger partial charge in [-0.1, -0.05) is 35.9 Å². The summed E-state index contributed by atoms with van der Waals surface area (Å²) in [4.78, 5) is 14.9. The summed E-state index contributed by atoms with van der Waals surface area (Å²) < 4.78 is 16.9. The summed E-state index contributed by atoms with van der Waals surface area (Å²) in [6.07, 6.45) is 8.57. The number of ether oxygens (including phenoxy) is 3. The number of allylic oxidation sites excluding steroid dienone is 3. The van der Waals surface area contributed by atoms with Crippen molar-refractivity contribution >= 4 is 17.6 Å². The van der Waals surface area contributed by atoms with Crippen molar-refractivity contribution < 1.29 is 24.1 Å². The normalized spacial score (nSPS) is 16.1. The van der Waals surface area contributed by atoms with Crippen LogP contribution in [0.25, 0.3) is 0 Å². The average molecular weight is 414 g/mol. The van der Waals surface area contributed by atoms with E-state index in [9.17, 15) is 4.79 Å². The molecule has 1 aliphatic carbocycles. The average Bonchev–Trinajstić information content (AvgIpc) is 2.73. The van der Waals surface area contributed by atoms with E-state index in [1.165, 1.54) is 7.11 Å². The molecule has 29 heavy (non-hydrogen) atoms. The van der Waals surface area contributed by atoms with E-state index in [0.29, 0.717) is 41.2 Å². The molecule has 0 saturated heterocycles. The first-order valence-electron chi connectivity index (χ1n) is 8.92. The van der Waals surface area contributed by atoms with Gasteiger partial charge in [-0.05, 0) is 30.7 Å². The van der Waals surface area contributed by atoms with Gasteiger partial charge in [-0.3, -0.25) is 0 Å². The second-order valence-corrected chi connectivity index (χ2v) is 6.62. The first kappa shape index (κ1) is 20.5. The standard InChI is InChI=1S/C22H20ClNO5/c1-27-20-12-15(7-11-22(25)26)6-9-19(20)29-21-10-8-17(13-24-21)28-14-16-4-2-3-5-18(16)23/h2-5,7-13,15H,6,14H2,1H3,(H,25,26)/b11-7+. The topological polar surface area (TPSA) is 77.9 Å². The Hall–Kier alpha value is -3.25. The van der Waals surface area contributed by atoms with Crippen molar-refractivity contribution in [2.75, 3.05) is 7.11 Å². The fourth-order valence-corrected chi connectivity index (χ4v) is 2.88. The molecule has 3 rings (SSSR count). The first-order valence-corrected chi connectivity index (χ1v) is 9.30. The van der Waals surface area contributed by atoms with Gasteiger partial charge in [0.2, 0.25) is 5.88 Å². The van der Waals surface area contributed by atoms with Gasteiger partial charge in [0.05, 0.1) is 13.3 Å². The van der Waals surface area contributed by atoms with Crippen LogP contribution in [0.4, 0.5) is 0 Å². The van der Waals surface area contributed by atoms with E-state index in [2.05, 4.69) is 4.98 Å². The monoisotopic (exact) mass is 413 g/mol. The van der Waals surface area contributed by atoms with Crippen LogP contribution in [0, 0.1) is 5.92 Å². The summed E-state index contributed by atoms with van der Waals surface area (Å²) in [6, 6.07) is 11.0. The van der Waals surface area contributed by atoms with Crippen LogP contribution in [0.5, 0.6) is 11.6 Å². The second kappa shape index (κ2) is 9.80. The van der Waals surface area contributed by atoms with Gasteiger partial charge in [0.15, 0.2) is 11.5 Å². The number of pyridine rings is 1. The summed E-state index contributed by atoms with van der Waals surface area (Å²) in [5.41, 5.74) is 0.892. The van der Waals surface area contributed by atoms with Crippen molar-refractivity contribution in [2.24, 2.45) is 5.92 Å². The minimum atomic E-state index is -0.982. The molecule has 150 valence electrons. The number of benzene rings is 1. The molecular weight excluding hydrogens is 394 g/mol. The van der Waals surface area contributed by atoms with Crippen LogP contribution in [-0.2, 0) is 16.1 Å². The Kier molecular flexibility index (Phi) is 6.92. The molecule has 2 aromatic rings. The molecular formula is C22H20ClNO5. The summed E-state index contributed by atoms with van der Waals surface area (Å²) in [6.45, 7) is 0.342. The van der Waals surface area contributed by atoms with Gasteiger partial charge in [-0.25, -0.2) is 9.78 Å². The lowest BCUT2D eigenvalue weighted by atomic mass is 9.98. The summed E-state index contributed by atoms with van der Waals surface area (Å²) in [5, 5.41) is 9.40. The minimum Gasteiger partial charge on any atom is -0.493 e. The van der Waals surface area contributed by atoms with Crippen molar-refractivity contribution in [1.29, 1.82) is 0 Å². The smallest absolute Gasteiger partial charge is 0.327 e. The lowest BCUT2D eigenvalue weighted by Gasteiger charge is -2.19. The van der Waals surface area contributed by atoms with Gasteiger partial charge in [-0.15, -0.1) is 0 Å². The van der Waals surface area contributed by atoms with Crippen LogP contribution in [0.3, 0.4) is 0 Å². The van der Waals surface area contributed by atoms with Gasteiger partial charge in [-0.2, -0.15) is 0 Å². The minimum absolute atomic E-state index is 0.0676. The molecule has 0 radical (unpaired) electrons. The molecule has 0 bridgehead atoms. The SMILES string of the molecule is COC1=CC(/C=C/C(=O)O)CC=C1Oc1ccc(OCc2ccccc2Cl)cn1. The van der Waals surface area contributed by atoms with Crippen LogP contribution in [-0.4, -0.2) is 23.2 Å². The lowest BCUT2D eigenvalue weighted by Crippen LogP contribution is -2.10. The maximum Gasteiger partial charge on any atom is 0.327 e. The van der Waals surface area contributed by atoms with Crippen LogP contribution < -0.4 is 9.47 Å². The first-order chi connectivity index (χ1) is 14.0. The molecule has 1 aromatic carbocycles. The van der Waals surface area contributed by atoms with E-state index in [0.717, 1.165) is 11.6 Å². The van der Waals surface area contributed by atoms with Crippen molar-refractivity contribution in [2.45, 2.75) is 13.0 Å². The number of nitrogens with zero attached hydrogens (tertiary/aromatic N) is 1. The zero-order valence-corrected chi connectivity index (χ0v) is 16.5. The molecule has 0 fully saturated rings. The van der Waals surface area contributed by atoms with Gasteiger partial charge >= 0.3 is 5.97 Å². The van der Waals surface area contributed by atoms with Gasteiger partial charge in [0.25, 0.3) is 0 Å². The molecule has 1 atom stereocenters. The molecule has 1 aromatic heterocycles. The summed E-state index contributed by atoms with van der Waals surface area (Å²) in [5.74, 6) is 0.994. The molecule has 1 unspecified atom stereocenters. The number of aromatic nitrogens is 1. The van der Waals surface area contributed by atoms with Crippen LogP contribution in [0.15, 0.2) is 78.4 Å². The number of aliphatic carboxylic acids is 1. The molecule has 1 aliphatic rings. The Balaban J connectivity index is 1.60. The molecule has 1 N–H and O–H groups in total. The van der Waals surface area contributed by atoms with Crippen LogP contribution >= 0.6 is 11.6 Å². The summed E-state index contributed by atoms with van der Waals surface area (Å²) >= 11 is 6.12. The number of methoxy groups -OCH3 is 1. The fourth-order valence-electron chi connectivity index (χ4n) is 2.69. The van der Waals surface area contributed by atoms with Gasteiger partial charge < -0.3 is 19.3 Å². The predicted octanol–water partition coefficient (Wildman–Crippen LogP) is 4.77. The van der Waals surface area contributed by atoms with Crippen molar-refractivity contribution in [1.82, 2.24) is 4.98 Å². The molecule has 0 amide bonds. The Morgan fingerprint density at radius 2 is 2.10 bits per heavy atom. The molecule has 1 heterocycles. The molecule has 0 spiro atoms. The highest BCUT2D eigenvalue weighted by Gasteiger charge is 2.17. The second-order valence-electron chi connectivity index (χ2n) is 6.21. The number of carboxylic acids is 1. The summed E-state index contributed by atoms with van der Waals surface area (Å²) in [7, 11) is 1.53. The number of carboxylic acid groups (broad SMARTS) is 1. The molecule has 0 aliphatic heterocycles. The van der Waals surface area contributed by atoms with Crippen molar-refractivity contribution in [3.8, 4) is 11.6 Å². The maximum atomic E-state index is 10.7. The highest BCUT2D eigenvalue weighted by molar-refractivity contribution is 6.31. The van der Waals surface area contributed by atoms with E-state index >= 15 is 0 Å². The molecule has 0 saturated carbocycles. The van der Waals surface area contributed by atoms with Crippen molar-refractivity contribution in [3.05, 3.63) is 89.0 Å². The number of rotatable bonds is 8. The van der Waals surface area contributed by atoms with E-state index in [4.69, 9.17) is 30.9 Å². The fraction of sp³-hybridized carbons (Fsp3) is 0.182. The van der Waals surface area contributed by atoms with E-state index in [1.807, 2.05) is 36.4 Å². The molecule has 7 heteroatoms. The zero-order chi connectivity index (χ0) is 20.6. The van der Waals surface area contributed by atoms with Crippen molar-refractivity contribution in [3.63, 3.8) is 0 Å². The number of hydrogen-bond acceptors (Lipinski definition) is 5. The highest BCUT2D eigenvalue weighted by atomic mass is 35.5. The largest absolute Gasteiger partial charge is 0.493 e. The number of halogens is 1. The number of carbonyl (C=O) groups is 1.